The van der Waals surface area contributed by atoms with Crippen molar-refractivity contribution in [1.29, 1.82) is 0 Å². The normalized spacial score (nSPS) is 14.2. The van der Waals surface area contributed by atoms with Gasteiger partial charge in [-0.05, 0) is 29.8 Å². The lowest BCUT2D eigenvalue weighted by molar-refractivity contribution is 0.598. The van der Waals surface area contributed by atoms with Gasteiger partial charge in [0.15, 0.2) is 0 Å². The maximum absolute atomic E-state index is 11.1. The summed E-state index contributed by atoms with van der Waals surface area (Å²) in [6.07, 6.45) is 7.25. The first kappa shape index (κ1) is 9.95. The SMILES string of the molecule is NS(=O)(=O)c1ccc2c(c1)C=CC=CN2. The quantitative estimate of drug-likeness (QED) is 0.752. The van der Waals surface area contributed by atoms with E-state index < -0.39 is 10.0 Å². The van der Waals surface area contributed by atoms with E-state index in [1.54, 1.807) is 18.3 Å². The minimum atomic E-state index is -3.63. The first-order chi connectivity index (χ1) is 7.07. The smallest absolute Gasteiger partial charge is 0.238 e. The average molecular weight is 222 g/mol. The first-order valence-electron chi connectivity index (χ1n) is 4.34. The van der Waals surface area contributed by atoms with Gasteiger partial charge in [-0.15, -0.1) is 0 Å². The predicted molar refractivity (Wildman–Crippen MR) is 59.6 cm³/mol. The van der Waals surface area contributed by atoms with Crippen LogP contribution in [0.25, 0.3) is 6.08 Å². The van der Waals surface area contributed by atoms with Crippen molar-refractivity contribution in [1.82, 2.24) is 0 Å². The molecular weight excluding hydrogens is 212 g/mol. The lowest BCUT2D eigenvalue weighted by Gasteiger charge is -2.06. The van der Waals surface area contributed by atoms with Crippen LogP contribution < -0.4 is 10.5 Å². The molecule has 1 heterocycles. The standard InChI is InChI=1S/C10H10N2O2S/c11-15(13,14)9-4-5-10-8(7-9)3-1-2-6-12-10/h1-7,12H,(H2,11,13,14). The van der Waals surface area contributed by atoms with Crippen molar-refractivity contribution in [3.8, 4) is 0 Å². The topological polar surface area (TPSA) is 72.2 Å². The van der Waals surface area contributed by atoms with E-state index >= 15 is 0 Å². The van der Waals surface area contributed by atoms with Crippen LogP contribution in [0.15, 0.2) is 41.4 Å². The highest BCUT2D eigenvalue weighted by atomic mass is 32.2. The molecule has 0 radical (unpaired) electrons. The summed E-state index contributed by atoms with van der Waals surface area (Å²) in [5, 5.41) is 8.07. The number of nitrogens with one attached hydrogen (secondary N) is 1. The summed E-state index contributed by atoms with van der Waals surface area (Å²) >= 11 is 0. The zero-order valence-electron chi connectivity index (χ0n) is 7.84. The lowest BCUT2D eigenvalue weighted by atomic mass is 10.2. The number of anilines is 1. The van der Waals surface area contributed by atoms with Gasteiger partial charge in [0.1, 0.15) is 0 Å². The Balaban J connectivity index is 2.56. The number of benzene rings is 1. The molecule has 0 aliphatic carbocycles. The molecule has 1 aromatic carbocycles. The van der Waals surface area contributed by atoms with Crippen molar-refractivity contribution in [2.24, 2.45) is 5.14 Å². The van der Waals surface area contributed by atoms with Crippen LogP contribution in [0, 0.1) is 0 Å². The van der Waals surface area contributed by atoms with Gasteiger partial charge in [0.05, 0.1) is 4.90 Å². The minimum Gasteiger partial charge on any atom is -0.361 e. The van der Waals surface area contributed by atoms with Gasteiger partial charge in [0, 0.05) is 11.9 Å². The molecule has 5 heteroatoms. The highest BCUT2D eigenvalue weighted by molar-refractivity contribution is 7.89. The van der Waals surface area contributed by atoms with Gasteiger partial charge in [-0.3, -0.25) is 0 Å². The van der Waals surface area contributed by atoms with Crippen LogP contribution in [0.2, 0.25) is 0 Å². The van der Waals surface area contributed by atoms with E-state index in [4.69, 9.17) is 5.14 Å². The summed E-state index contributed by atoms with van der Waals surface area (Å²) in [5.74, 6) is 0. The molecule has 15 heavy (non-hydrogen) atoms. The number of nitrogens with two attached hydrogens (primary N) is 1. The second-order valence-corrected chi connectivity index (χ2v) is 4.72. The molecular formula is C10H10N2O2S. The third kappa shape index (κ3) is 2.08. The van der Waals surface area contributed by atoms with E-state index in [-0.39, 0.29) is 4.90 Å². The molecule has 0 aromatic heterocycles. The average Bonchev–Trinajstić information content (AvgIpc) is 2.39. The fourth-order valence-corrected chi connectivity index (χ4v) is 1.89. The van der Waals surface area contributed by atoms with E-state index in [1.165, 1.54) is 6.07 Å². The molecule has 1 aromatic rings. The molecule has 4 nitrogen and oxygen atoms in total. The minimum absolute atomic E-state index is 0.120. The van der Waals surface area contributed by atoms with E-state index in [0.717, 1.165) is 11.3 Å². The van der Waals surface area contributed by atoms with Crippen molar-refractivity contribution in [3.05, 3.63) is 42.1 Å². The molecule has 3 N–H and O–H groups in total. The van der Waals surface area contributed by atoms with E-state index in [1.807, 2.05) is 18.2 Å². The van der Waals surface area contributed by atoms with E-state index in [9.17, 15) is 8.42 Å². The van der Waals surface area contributed by atoms with E-state index in [0.29, 0.717) is 0 Å². The zero-order valence-corrected chi connectivity index (χ0v) is 8.66. The van der Waals surface area contributed by atoms with Gasteiger partial charge in [0.2, 0.25) is 10.0 Å². The van der Waals surface area contributed by atoms with Gasteiger partial charge >= 0.3 is 0 Å². The van der Waals surface area contributed by atoms with Crippen LogP contribution in [0.3, 0.4) is 0 Å². The number of hydrogen-bond acceptors (Lipinski definition) is 3. The summed E-state index contributed by atoms with van der Waals surface area (Å²) in [5.41, 5.74) is 1.65. The van der Waals surface area contributed by atoms with E-state index in [2.05, 4.69) is 5.32 Å². The molecule has 0 saturated heterocycles. The van der Waals surface area contributed by atoms with Crippen LogP contribution in [-0.4, -0.2) is 8.42 Å². The molecule has 0 bridgehead atoms. The van der Waals surface area contributed by atoms with Crippen molar-refractivity contribution >= 4 is 21.8 Å². The number of hydrogen-bond donors (Lipinski definition) is 2. The largest absolute Gasteiger partial charge is 0.361 e. The molecule has 0 fully saturated rings. The Kier molecular flexibility index (Phi) is 2.34. The summed E-state index contributed by atoms with van der Waals surface area (Å²) in [6.45, 7) is 0. The Morgan fingerprint density at radius 3 is 2.73 bits per heavy atom. The summed E-state index contributed by atoms with van der Waals surface area (Å²) in [6, 6.07) is 4.71. The van der Waals surface area contributed by atoms with Crippen LogP contribution in [0.1, 0.15) is 5.56 Å². The Morgan fingerprint density at radius 2 is 2.00 bits per heavy atom. The lowest BCUT2D eigenvalue weighted by Crippen LogP contribution is -2.12. The van der Waals surface area contributed by atoms with Gasteiger partial charge < -0.3 is 5.32 Å². The van der Waals surface area contributed by atoms with Gasteiger partial charge in [-0.2, -0.15) is 0 Å². The molecule has 0 amide bonds. The second-order valence-electron chi connectivity index (χ2n) is 3.16. The molecule has 78 valence electrons. The molecule has 1 aliphatic heterocycles. The predicted octanol–water partition coefficient (Wildman–Crippen LogP) is 1.29. The molecule has 0 spiro atoms. The summed E-state index contributed by atoms with van der Waals surface area (Å²) in [7, 11) is -3.63. The fraction of sp³-hybridized carbons (Fsp3) is 0. The molecule has 1 aliphatic rings. The number of primary sulfonamides is 1. The van der Waals surface area contributed by atoms with Crippen LogP contribution >= 0.6 is 0 Å². The van der Waals surface area contributed by atoms with Gasteiger partial charge in [0.25, 0.3) is 0 Å². The first-order valence-corrected chi connectivity index (χ1v) is 5.88. The third-order valence-electron chi connectivity index (χ3n) is 2.07. The monoisotopic (exact) mass is 222 g/mol. The van der Waals surface area contributed by atoms with Crippen molar-refractivity contribution in [3.63, 3.8) is 0 Å². The zero-order chi connectivity index (χ0) is 10.9. The van der Waals surface area contributed by atoms with Gasteiger partial charge in [-0.25, -0.2) is 13.6 Å². The Labute approximate surface area is 88.2 Å². The second kappa shape index (κ2) is 3.52. The number of allylic oxidation sites excluding steroid dienone is 2. The molecule has 0 unspecified atom stereocenters. The van der Waals surface area contributed by atoms with Crippen molar-refractivity contribution in [2.45, 2.75) is 4.90 Å². The van der Waals surface area contributed by atoms with Crippen molar-refractivity contribution < 1.29 is 8.42 Å². The fourth-order valence-electron chi connectivity index (χ4n) is 1.34. The highest BCUT2D eigenvalue weighted by Gasteiger charge is 2.10. The highest BCUT2D eigenvalue weighted by Crippen LogP contribution is 2.22. The van der Waals surface area contributed by atoms with Gasteiger partial charge in [-0.1, -0.05) is 12.2 Å². The maximum Gasteiger partial charge on any atom is 0.238 e. The summed E-state index contributed by atoms with van der Waals surface area (Å²) in [4.78, 5) is 0.120. The third-order valence-corrected chi connectivity index (χ3v) is 2.98. The molecule has 2 rings (SSSR count). The van der Waals surface area contributed by atoms with Crippen LogP contribution in [0.4, 0.5) is 5.69 Å². The Morgan fingerprint density at radius 1 is 1.20 bits per heavy atom. The number of rotatable bonds is 1. The number of sulfonamides is 1. The molecule has 0 saturated carbocycles. The number of fused-ring (bicyclic) bond motifs is 1. The van der Waals surface area contributed by atoms with Crippen molar-refractivity contribution in [2.75, 3.05) is 5.32 Å². The molecule has 0 atom stereocenters. The Hall–Kier alpha value is -1.59. The maximum atomic E-state index is 11.1. The summed E-state index contributed by atoms with van der Waals surface area (Å²) < 4.78 is 22.2. The Bertz CT molecular complexity index is 545. The van der Waals surface area contributed by atoms with Crippen LogP contribution in [0.5, 0.6) is 0 Å². The van der Waals surface area contributed by atoms with Crippen LogP contribution in [-0.2, 0) is 10.0 Å².